The lowest BCUT2D eigenvalue weighted by Gasteiger charge is -2.11. The summed E-state index contributed by atoms with van der Waals surface area (Å²) in [6.45, 7) is 2.76. The van der Waals surface area contributed by atoms with E-state index < -0.39 is 9.84 Å². The topological polar surface area (TPSA) is 54.7 Å². The molecule has 3 rings (SSSR count). The van der Waals surface area contributed by atoms with E-state index in [1.165, 1.54) is 5.69 Å². The first-order valence-electron chi connectivity index (χ1n) is 9.31. The van der Waals surface area contributed by atoms with Crippen LogP contribution in [0.3, 0.4) is 0 Å². The van der Waals surface area contributed by atoms with Gasteiger partial charge in [0.1, 0.15) is 0 Å². The van der Waals surface area contributed by atoms with Crippen LogP contribution in [-0.4, -0.2) is 42.6 Å². The van der Waals surface area contributed by atoms with Gasteiger partial charge in [-0.15, -0.1) is 0 Å². The van der Waals surface area contributed by atoms with Crippen LogP contribution in [0.1, 0.15) is 30.3 Å². The van der Waals surface area contributed by atoms with E-state index in [2.05, 4.69) is 40.5 Å². The molecule has 0 spiro atoms. The maximum atomic E-state index is 12.1. The van der Waals surface area contributed by atoms with E-state index in [0.717, 1.165) is 36.2 Å². The molecule has 0 unspecified atom stereocenters. The van der Waals surface area contributed by atoms with Crippen LogP contribution in [0.25, 0.3) is 5.52 Å². The molecule has 0 saturated heterocycles. The maximum absolute atomic E-state index is 12.1. The third-order valence-electron chi connectivity index (χ3n) is 4.63. The Morgan fingerprint density at radius 1 is 1.04 bits per heavy atom. The lowest BCUT2D eigenvalue weighted by molar-refractivity contribution is 0.395. The standard InChI is InChI=1S/C21H27N3O2S/c1-4-15-27(25,26)19-9-5-17(6-10-19)7-11-20-21-12-8-18(16-23(2)3)24(21)14-13-22-20/h5-6,8-10,12-14H,4,7,11,15-16H2,1-3H3. The van der Waals surface area contributed by atoms with Gasteiger partial charge in [-0.1, -0.05) is 19.1 Å². The Kier molecular flexibility index (Phi) is 5.97. The van der Waals surface area contributed by atoms with Gasteiger partial charge in [-0.25, -0.2) is 8.42 Å². The highest BCUT2D eigenvalue weighted by atomic mass is 32.2. The van der Waals surface area contributed by atoms with Crippen LogP contribution in [0.4, 0.5) is 0 Å². The number of aromatic nitrogens is 2. The van der Waals surface area contributed by atoms with Crippen molar-refractivity contribution in [3.8, 4) is 0 Å². The van der Waals surface area contributed by atoms with Crippen molar-refractivity contribution in [2.75, 3.05) is 19.8 Å². The quantitative estimate of drug-likeness (QED) is 0.597. The SMILES string of the molecule is CCCS(=O)(=O)c1ccc(CCc2nccn3c(CN(C)C)ccc23)cc1. The number of hydrogen-bond donors (Lipinski definition) is 0. The van der Waals surface area contributed by atoms with Gasteiger partial charge < -0.3 is 9.30 Å². The third kappa shape index (κ3) is 4.57. The van der Waals surface area contributed by atoms with Crippen LogP contribution in [0.2, 0.25) is 0 Å². The molecule has 2 heterocycles. The average molecular weight is 386 g/mol. The van der Waals surface area contributed by atoms with Gasteiger partial charge in [0.2, 0.25) is 0 Å². The van der Waals surface area contributed by atoms with E-state index in [4.69, 9.17) is 0 Å². The Morgan fingerprint density at radius 2 is 1.78 bits per heavy atom. The lowest BCUT2D eigenvalue weighted by atomic mass is 10.1. The zero-order valence-electron chi connectivity index (χ0n) is 16.2. The van der Waals surface area contributed by atoms with Gasteiger partial charge in [0.15, 0.2) is 9.84 Å². The van der Waals surface area contributed by atoms with Gasteiger partial charge in [-0.2, -0.15) is 0 Å². The molecule has 0 atom stereocenters. The van der Waals surface area contributed by atoms with Gasteiger partial charge >= 0.3 is 0 Å². The maximum Gasteiger partial charge on any atom is 0.178 e. The summed E-state index contributed by atoms with van der Waals surface area (Å²) in [5, 5.41) is 0. The molecule has 0 bridgehead atoms. The minimum Gasteiger partial charge on any atom is -0.316 e. The van der Waals surface area contributed by atoms with E-state index in [1.807, 2.05) is 31.5 Å². The van der Waals surface area contributed by atoms with Crippen molar-refractivity contribution in [2.24, 2.45) is 0 Å². The summed E-state index contributed by atoms with van der Waals surface area (Å²) in [6.07, 6.45) is 6.13. The van der Waals surface area contributed by atoms with E-state index in [-0.39, 0.29) is 5.75 Å². The van der Waals surface area contributed by atoms with Gasteiger partial charge in [0.25, 0.3) is 0 Å². The molecular formula is C21H27N3O2S. The highest BCUT2D eigenvalue weighted by Gasteiger charge is 2.13. The highest BCUT2D eigenvalue weighted by Crippen LogP contribution is 2.18. The number of hydrogen-bond acceptors (Lipinski definition) is 4. The number of nitrogens with zero attached hydrogens (tertiary/aromatic N) is 3. The second-order valence-electron chi connectivity index (χ2n) is 7.15. The summed E-state index contributed by atoms with van der Waals surface area (Å²) in [7, 11) is 0.973. The van der Waals surface area contributed by atoms with Crippen LogP contribution >= 0.6 is 0 Å². The van der Waals surface area contributed by atoms with E-state index in [0.29, 0.717) is 11.3 Å². The fourth-order valence-electron chi connectivity index (χ4n) is 3.32. The summed E-state index contributed by atoms with van der Waals surface area (Å²) in [5.41, 5.74) is 4.56. The zero-order valence-corrected chi connectivity index (χ0v) is 17.0. The zero-order chi connectivity index (χ0) is 19.4. The molecule has 0 aliphatic carbocycles. The van der Waals surface area contributed by atoms with Gasteiger partial charge in [0, 0.05) is 24.6 Å². The van der Waals surface area contributed by atoms with Crippen molar-refractivity contribution in [3.05, 3.63) is 65.7 Å². The summed E-state index contributed by atoms with van der Waals surface area (Å²) >= 11 is 0. The molecule has 0 fully saturated rings. The Bertz CT molecular complexity index is 1010. The number of aryl methyl sites for hydroxylation is 2. The first kappa shape index (κ1) is 19.6. The molecule has 0 radical (unpaired) electrons. The minimum atomic E-state index is -3.15. The average Bonchev–Trinajstić information content (AvgIpc) is 3.03. The minimum absolute atomic E-state index is 0.196. The van der Waals surface area contributed by atoms with Crippen molar-refractivity contribution < 1.29 is 8.42 Å². The second-order valence-corrected chi connectivity index (χ2v) is 9.26. The Hall–Kier alpha value is -2.18. The lowest BCUT2D eigenvalue weighted by Crippen LogP contribution is -2.12. The third-order valence-corrected chi connectivity index (χ3v) is 6.56. The van der Waals surface area contributed by atoms with Crippen molar-refractivity contribution >= 4 is 15.4 Å². The van der Waals surface area contributed by atoms with E-state index >= 15 is 0 Å². The Balaban J connectivity index is 1.74. The van der Waals surface area contributed by atoms with Crippen molar-refractivity contribution in [1.29, 1.82) is 0 Å². The molecule has 1 aromatic carbocycles. The molecule has 6 heteroatoms. The summed E-state index contributed by atoms with van der Waals surface area (Å²) in [5.74, 6) is 0.196. The molecule has 5 nitrogen and oxygen atoms in total. The highest BCUT2D eigenvalue weighted by molar-refractivity contribution is 7.91. The normalized spacial score (nSPS) is 12.1. The predicted molar refractivity (Wildman–Crippen MR) is 109 cm³/mol. The van der Waals surface area contributed by atoms with Crippen LogP contribution in [0.15, 0.2) is 53.7 Å². The first-order valence-corrected chi connectivity index (χ1v) is 11.0. The predicted octanol–water partition coefficient (Wildman–Crippen LogP) is 3.36. The number of rotatable bonds is 8. The molecule has 3 aromatic rings. The molecule has 0 amide bonds. The second kappa shape index (κ2) is 8.23. The molecule has 0 aliphatic rings. The van der Waals surface area contributed by atoms with Gasteiger partial charge in [-0.3, -0.25) is 4.98 Å². The number of fused-ring (bicyclic) bond motifs is 1. The van der Waals surface area contributed by atoms with Crippen molar-refractivity contribution in [2.45, 2.75) is 37.6 Å². The molecule has 0 saturated carbocycles. The van der Waals surface area contributed by atoms with Crippen LogP contribution < -0.4 is 0 Å². The van der Waals surface area contributed by atoms with Crippen molar-refractivity contribution in [3.63, 3.8) is 0 Å². The van der Waals surface area contributed by atoms with Gasteiger partial charge in [-0.05, 0) is 63.2 Å². The molecule has 2 aromatic heterocycles. The summed E-state index contributed by atoms with van der Waals surface area (Å²) < 4.78 is 26.5. The fourth-order valence-corrected chi connectivity index (χ4v) is 4.64. The molecule has 27 heavy (non-hydrogen) atoms. The Labute approximate surface area is 161 Å². The van der Waals surface area contributed by atoms with Crippen LogP contribution in [-0.2, 0) is 29.2 Å². The largest absolute Gasteiger partial charge is 0.316 e. The molecular weight excluding hydrogens is 358 g/mol. The fraction of sp³-hybridized carbons (Fsp3) is 0.381. The van der Waals surface area contributed by atoms with E-state index in [9.17, 15) is 8.42 Å². The van der Waals surface area contributed by atoms with Crippen LogP contribution in [0, 0.1) is 0 Å². The van der Waals surface area contributed by atoms with Gasteiger partial charge in [0.05, 0.1) is 21.9 Å². The number of benzene rings is 1. The van der Waals surface area contributed by atoms with Crippen LogP contribution in [0.5, 0.6) is 0 Å². The molecule has 0 N–H and O–H groups in total. The monoisotopic (exact) mass is 385 g/mol. The van der Waals surface area contributed by atoms with Crippen molar-refractivity contribution in [1.82, 2.24) is 14.3 Å². The summed E-state index contributed by atoms with van der Waals surface area (Å²) in [6, 6.07) is 11.5. The first-order chi connectivity index (χ1) is 12.9. The Morgan fingerprint density at radius 3 is 2.44 bits per heavy atom. The molecule has 0 aliphatic heterocycles. The summed E-state index contributed by atoms with van der Waals surface area (Å²) in [4.78, 5) is 7.12. The number of sulfone groups is 1. The van der Waals surface area contributed by atoms with E-state index in [1.54, 1.807) is 12.1 Å². The smallest absolute Gasteiger partial charge is 0.178 e. The molecule has 144 valence electrons.